The molecule has 0 radical (unpaired) electrons. The van der Waals surface area contributed by atoms with Crippen LogP contribution in [0.2, 0.25) is 0 Å². The van der Waals surface area contributed by atoms with E-state index in [1.165, 1.54) is 47.6 Å². The summed E-state index contributed by atoms with van der Waals surface area (Å²) in [6.45, 7) is 2.50. The minimum atomic E-state index is -3.76. The molecule has 0 saturated carbocycles. The molecule has 11 heteroatoms. The zero-order valence-electron chi connectivity index (χ0n) is 18.5. The van der Waals surface area contributed by atoms with Gasteiger partial charge in [-0.3, -0.25) is 9.59 Å². The van der Waals surface area contributed by atoms with Gasteiger partial charge >= 0.3 is 5.97 Å². The molecule has 1 N–H and O–H groups in total. The van der Waals surface area contributed by atoms with Crippen LogP contribution in [0.15, 0.2) is 47.4 Å². The molecule has 2 heterocycles. The molecular weight excluding hydrogens is 467 g/mol. The Balaban J connectivity index is 1.30. The lowest BCUT2D eigenvalue weighted by atomic mass is 9.98. The quantitative estimate of drug-likeness (QED) is 0.617. The van der Waals surface area contributed by atoms with Crippen LogP contribution in [-0.4, -0.2) is 57.0 Å². The molecule has 0 bridgehead atoms. The predicted molar refractivity (Wildman–Crippen MR) is 119 cm³/mol. The highest BCUT2D eigenvalue weighted by molar-refractivity contribution is 7.89. The third-order valence-electron chi connectivity index (χ3n) is 5.71. The van der Waals surface area contributed by atoms with Gasteiger partial charge in [0.2, 0.25) is 10.0 Å². The van der Waals surface area contributed by atoms with Gasteiger partial charge in [-0.1, -0.05) is 0 Å². The monoisotopic (exact) mass is 492 g/mol. The number of nitrogens with one attached hydrogen (secondary N) is 1. The van der Waals surface area contributed by atoms with Crippen LogP contribution in [0.3, 0.4) is 0 Å². The van der Waals surface area contributed by atoms with E-state index < -0.39 is 39.7 Å². The average molecular weight is 493 g/mol. The van der Waals surface area contributed by atoms with E-state index >= 15 is 0 Å². The number of fused-ring (bicyclic) bond motifs is 1. The first-order valence-electron chi connectivity index (χ1n) is 10.9. The summed E-state index contributed by atoms with van der Waals surface area (Å²) in [4.78, 5) is 24.9. The molecule has 0 spiro atoms. The van der Waals surface area contributed by atoms with E-state index in [0.29, 0.717) is 30.4 Å². The second-order valence-electron chi connectivity index (χ2n) is 8.06. The van der Waals surface area contributed by atoms with Crippen LogP contribution in [0, 0.1) is 11.7 Å². The van der Waals surface area contributed by atoms with E-state index in [4.69, 9.17) is 14.2 Å². The fourth-order valence-electron chi connectivity index (χ4n) is 3.77. The summed E-state index contributed by atoms with van der Waals surface area (Å²) in [7, 11) is -3.76. The first-order valence-corrected chi connectivity index (χ1v) is 12.3. The van der Waals surface area contributed by atoms with E-state index in [-0.39, 0.29) is 30.8 Å². The molecule has 9 nitrogen and oxygen atoms in total. The number of piperidine rings is 1. The Morgan fingerprint density at radius 3 is 2.38 bits per heavy atom. The van der Waals surface area contributed by atoms with Gasteiger partial charge in [0, 0.05) is 24.8 Å². The summed E-state index contributed by atoms with van der Waals surface area (Å²) in [6.07, 6.45) is -0.513. The second kappa shape index (κ2) is 9.98. The van der Waals surface area contributed by atoms with E-state index in [0.717, 1.165) is 0 Å². The number of anilines is 1. The van der Waals surface area contributed by atoms with Crippen molar-refractivity contribution in [2.75, 3.05) is 31.6 Å². The van der Waals surface area contributed by atoms with Gasteiger partial charge in [0.15, 0.2) is 17.6 Å². The smallest absolute Gasteiger partial charge is 0.309 e. The van der Waals surface area contributed by atoms with Crippen LogP contribution in [0.4, 0.5) is 10.1 Å². The number of rotatable bonds is 6. The van der Waals surface area contributed by atoms with Crippen LogP contribution in [0.5, 0.6) is 11.5 Å². The number of hydrogen-bond donors (Lipinski definition) is 1. The third kappa shape index (κ3) is 5.31. The molecule has 2 aliphatic heterocycles. The summed E-state index contributed by atoms with van der Waals surface area (Å²) in [5.41, 5.74) is 0.381. The largest absolute Gasteiger partial charge is 0.486 e. The number of carbonyl (C=O) groups excluding carboxylic acids is 2. The number of halogens is 1. The Kier molecular flexibility index (Phi) is 7.03. The van der Waals surface area contributed by atoms with Crippen LogP contribution in [0.25, 0.3) is 0 Å². The molecule has 1 amide bonds. The Hall–Kier alpha value is -3.18. The van der Waals surface area contributed by atoms with Gasteiger partial charge in [0.25, 0.3) is 5.91 Å². The Morgan fingerprint density at radius 1 is 1.06 bits per heavy atom. The molecule has 2 aromatic rings. The zero-order valence-corrected chi connectivity index (χ0v) is 19.3. The number of nitrogens with zero attached hydrogens (tertiary/aromatic N) is 1. The van der Waals surface area contributed by atoms with Crippen molar-refractivity contribution < 1.29 is 36.6 Å². The maximum Gasteiger partial charge on any atom is 0.309 e. The third-order valence-corrected chi connectivity index (χ3v) is 7.61. The highest BCUT2D eigenvalue weighted by Gasteiger charge is 2.34. The van der Waals surface area contributed by atoms with Crippen molar-refractivity contribution in [3.05, 3.63) is 48.3 Å². The number of sulfonamides is 1. The van der Waals surface area contributed by atoms with Crippen molar-refractivity contribution in [2.24, 2.45) is 5.92 Å². The average Bonchev–Trinajstić information content (AvgIpc) is 2.85. The lowest BCUT2D eigenvalue weighted by Gasteiger charge is -2.30. The van der Waals surface area contributed by atoms with E-state index in [9.17, 15) is 22.4 Å². The van der Waals surface area contributed by atoms with Crippen molar-refractivity contribution in [1.29, 1.82) is 0 Å². The second-order valence-corrected chi connectivity index (χ2v) is 10.00. The standard InChI is InChI=1S/C23H25FN2O7S/c1-15(22(27)25-18-4-2-17(24)3-5-18)33-23(28)16-8-10-26(11-9-16)34(29,30)19-6-7-20-21(14-19)32-13-12-31-20/h2-7,14-16H,8-13H2,1H3,(H,25,27)/t15-/m1/s1. The van der Waals surface area contributed by atoms with Crippen LogP contribution >= 0.6 is 0 Å². The lowest BCUT2D eigenvalue weighted by molar-refractivity contribution is -0.158. The molecule has 0 unspecified atom stereocenters. The van der Waals surface area contributed by atoms with Gasteiger partial charge in [-0.25, -0.2) is 12.8 Å². The number of amides is 1. The molecule has 34 heavy (non-hydrogen) atoms. The number of carbonyl (C=O) groups is 2. The first kappa shape index (κ1) is 24.0. The van der Waals surface area contributed by atoms with Gasteiger partial charge in [-0.05, 0) is 56.2 Å². The van der Waals surface area contributed by atoms with Crippen molar-refractivity contribution in [3.63, 3.8) is 0 Å². The topological polar surface area (TPSA) is 111 Å². The van der Waals surface area contributed by atoms with E-state index in [1.807, 2.05) is 0 Å². The highest BCUT2D eigenvalue weighted by Crippen LogP contribution is 2.34. The minimum Gasteiger partial charge on any atom is -0.486 e. The molecule has 4 rings (SSSR count). The number of hydrogen-bond acceptors (Lipinski definition) is 7. The molecule has 2 aromatic carbocycles. The van der Waals surface area contributed by atoms with Gasteiger partial charge in [-0.2, -0.15) is 4.31 Å². The normalized spacial score (nSPS) is 17.6. The Morgan fingerprint density at radius 2 is 1.71 bits per heavy atom. The predicted octanol–water partition coefficient (Wildman–Crippen LogP) is 2.57. The maximum absolute atomic E-state index is 13.0. The van der Waals surface area contributed by atoms with Gasteiger partial charge in [0.05, 0.1) is 10.8 Å². The molecule has 182 valence electrons. The lowest BCUT2D eigenvalue weighted by Crippen LogP contribution is -2.41. The zero-order chi connectivity index (χ0) is 24.3. The number of ether oxygens (including phenoxy) is 3. The van der Waals surface area contributed by atoms with Crippen molar-refractivity contribution >= 4 is 27.6 Å². The molecule has 1 saturated heterocycles. The van der Waals surface area contributed by atoms with Crippen LogP contribution in [0.1, 0.15) is 19.8 Å². The SMILES string of the molecule is C[C@@H](OC(=O)C1CCN(S(=O)(=O)c2ccc3c(c2)OCCO3)CC1)C(=O)Nc1ccc(F)cc1. The first-order chi connectivity index (χ1) is 16.2. The van der Waals surface area contributed by atoms with Crippen LogP contribution in [-0.2, 0) is 24.3 Å². The molecular formula is C23H25FN2O7S. The summed E-state index contributed by atoms with van der Waals surface area (Å²) in [5, 5.41) is 2.55. The van der Waals surface area contributed by atoms with Crippen LogP contribution < -0.4 is 14.8 Å². The Labute approximate surface area is 196 Å². The fraction of sp³-hybridized carbons (Fsp3) is 0.391. The minimum absolute atomic E-state index is 0.101. The summed E-state index contributed by atoms with van der Waals surface area (Å²) < 4.78 is 56.6. The summed E-state index contributed by atoms with van der Waals surface area (Å²) in [5.74, 6) is -1.16. The van der Waals surface area contributed by atoms with Gasteiger partial charge < -0.3 is 19.5 Å². The summed E-state index contributed by atoms with van der Waals surface area (Å²) in [6, 6.07) is 9.72. The van der Waals surface area contributed by atoms with Gasteiger partial charge in [-0.15, -0.1) is 0 Å². The molecule has 1 atom stereocenters. The molecule has 2 aliphatic rings. The van der Waals surface area contributed by atoms with Gasteiger partial charge in [0.1, 0.15) is 19.0 Å². The van der Waals surface area contributed by atoms with Crippen molar-refractivity contribution in [2.45, 2.75) is 30.8 Å². The molecule has 0 aliphatic carbocycles. The molecule has 0 aromatic heterocycles. The van der Waals surface area contributed by atoms with E-state index in [1.54, 1.807) is 6.07 Å². The maximum atomic E-state index is 13.0. The van der Waals surface area contributed by atoms with Crippen molar-refractivity contribution in [3.8, 4) is 11.5 Å². The number of benzene rings is 2. The fourth-order valence-corrected chi connectivity index (χ4v) is 5.25. The Bertz CT molecular complexity index is 1160. The highest BCUT2D eigenvalue weighted by atomic mass is 32.2. The number of esters is 1. The van der Waals surface area contributed by atoms with Crippen molar-refractivity contribution in [1.82, 2.24) is 4.31 Å². The van der Waals surface area contributed by atoms with E-state index in [2.05, 4.69) is 5.32 Å². The summed E-state index contributed by atoms with van der Waals surface area (Å²) >= 11 is 0. The molecule has 1 fully saturated rings.